The van der Waals surface area contributed by atoms with E-state index in [9.17, 15) is 4.79 Å². The predicted octanol–water partition coefficient (Wildman–Crippen LogP) is 1.35. The Bertz CT molecular complexity index is 463. The summed E-state index contributed by atoms with van der Waals surface area (Å²) in [5.74, 6) is 1.36. The number of morpholine rings is 1. The Morgan fingerprint density at radius 2 is 2.00 bits per heavy atom. The van der Waals surface area contributed by atoms with Crippen LogP contribution < -0.4 is 16.0 Å². The lowest BCUT2D eigenvalue weighted by molar-refractivity contribution is -0.120. The molecule has 2 rings (SSSR count). The fourth-order valence-corrected chi connectivity index (χ4v) is 3.81. The van der Waals surface area contributed by atoms with Crippen LogP contribution in [-0.4, -0.2) is 74.8 Å². The molecule has 0 aromatic carbocycles. The number of ether oxygens (including phenoxy) is 1. The lowest BCUT2D eigenvalue weighted by Crippen LogP contribution is -2.50. The molecule has 1 aliphatic heterocycles. The molecule has 0 radical (unpaired) electrons. The number of nitrogens with one attached hydrogen (secondary N) is 3. The number of aliphatic imine (C=N–C) groups is 1. The molecule has 0 aromatic heterocycles. The lowest BCUT2D eigenvalue weighted by Gasteiger charge is -2.34. The Labute approximate surface area is 164 Å². The predicted molar refractivity (Wildman–Crippen MR) is 110 cm³/mol. The van der Waals surface area contributed by atoms with Crippen LogP contribution >= 0.6 is 0 Å². The average molecular weight is 382 g/mol. The van der Waals surface area contributed by atoms with Crippen molar-refractivity contribution < 1.29 is 9.53 Å². The molecule has 27 heavy (non-hydrogen) atoms. The largest absolute Gasteiger partial charge is 0.374 e. The zero-order chi connectivity index (χ0) is 19.5. The van der Waals surface area contributed by atoms with Gasteiger partial charge < -0.3 is 20.7 Å². The monoisotopic (exact) mass is 381 g/mol. The van der Waals surface area contributed by atoms with Gasteiger partial charge >= 0.3 is 0 Å². The van der Waals surface area contributed by atoms with Crippen molar-refractivity contribution in [2.75, 3.05) is 45.9 Å². The van der Waals surface area contributed by atoms with E-state index in [0.29, 0.717) is 24.5 Å². The molecule has 156 valence electrons. The van der Waals surface area contributed by atoms with E-state index in [1.165, 1.54) is 19.3 Å². The second-order valence-corrected chi connectivity index (χ2v) is 8.12. The van der Waals surface area contributed by atoms with Crippen LogP contribution in [0, 0.1) is 5.92 Å². The number of guanidine groups is 1. The van der Waals surface area contributed by atoms with Crippen LogP contribution in [0.2, 0.25) is 0 Å². The summed E-state index contributed by atoms with van der Waals surface area (Å²) in [7, 11) is 0. The summed E-state index contributed by atoms with van der Waals surface area (Å²) in [4.78, 5) is 19.1. The van der Waals surface area contributed by atoms with E-state index in [2.05, 4.69) is 39.7 Å². The summed E-state index contributed by atoms with van der Waals surface area (Å²) in [5.41, 5.74) is 0. The van der Waals surface area contributed by atoms with Crippen molar-refractivity contribution in [3.8, 4) is 0 Å². The standard InChI is InChI=1S/C20H39N5O2/c1-4-21-20(23-13-19(26)24-17-8-6-5-7-9-17)22-12-18-15-25(10-11-27-18)14-16(2)3/h16-18H,4-15H2,1-3H3,(H,24,26)(H2,21,22,23). The van der Waals surface area contributed by atoms with E-state index in [-0.39, 0.29) is 18.6 Å². The van der Waals surface area contributed by atoms with Gasteiger partial charge in [0.2, 0.25) is 5.91 Å². The van der Waals surface area contributed by atoms with Crippen molar-refractivity contribution in [2.24, 2.45) is 10.9 Å². The third-order valence-corrected chi connectivity index (χ3v) is 5.04. The molecule has 1 unspecified atom stereocenters. The molecule has 7 nitrogen and oxygen atoms in total. The number of carbonyl (C=O) groups is 1. The van der Waals surface area contributed by atoms with Crippen LogP contribution in [0.1, 0.15) is 52.9 Å². The number of hydrogen-bond donors (Lipinski definition) is 3. The molecule has 1 aliphatic carbocycles. The molecule has 1 amide bonds. The number of hydrogen-bond acceptors (Lipinski definition) is 4. The van der Waals surface area contributed by atoms with Gasteiger partial charge in [0.05, 0.1) is 12.7 Å². The van der Waals surface area contributed by atoms with Gasteiger partial charge in [-0.2, -0.15) is 0 Å². The molecular weight excluding hydrogens is 342 g/mol. The molecule has 0 bridgehead atoms. The van der Waals surface area contributed by atoms with Gasteiger partial charge in [0.1, 0.15) is 6.54 Å². The van der Waals surface area contributed by atoms with Gasteiger partial charge in [-0.15, -0.1) is 0 Å². The maximum Gasteiger partial charge on any atom is 0.242 e. The normalized spacial score (nSPS) is 22.7. The lowest BCUT2D eigenvalue weighted by atomic mass is 9.95. The SMILES string of the molecule is CCNC(=NCC(=O)NC1CCCCC1)NCC1CN(CC(C)C)CCO1. The van der Waals surface area contributed by atoms with Crippen LogP contribution in [0.3, 0.4) is 0 Å². The Morgan fingerprint density at radius 1 is 1.22 bits per heavy atom. The minimum absolute atomic E-state index is 0.0103. The van der Waals surface area contributed by atoms with Crippen LogP contribution in [0.15, 0.2) is 4.99 Å². The highest BCUT2D eigenvalue weighted by atomic mass is 16.5. The van der Waals surface area contributed by atoms with E-state index in [1.54, 1.807) is 0 Å². The Morgan fingerprint density at radius 3 is 2.70 bits per heavy atom. The maximum absolute atomic E-state index is 12.2. The molecule has 1 saturated carbocycles. The highest BCUT2D eigenvalue weighted by Crippen LogP contribution is 2.17. The quantitative estimate of drug-likeness (QED) is 0.437. The smallest absolute Gasteiger partial charge is 0.242 e. The van der Waals surface area contributed by atoms with Gasteiger partial charge in [0.15, 0.2) is 5.96 Å². The van der Waals surface area contributed by atoms with Crippen molar-refractivity contribution in [1.29, 1.82) is 0 Å². The molecule has 0 spiro atoms. The molecule has 0 aromatic rings. The van der Waals surface area contributed by atoms with Crippen LogP contribution in [0.4, 0.5) is 0 Å². The van der Waals surface area contributed by atoms with Crippen LogP contribution in [0.25, 0.3) is 0 Å². The second-order valence-electron chi connectivity index (χ2n) is 8.12. The highest BCUT2D eigenvalue weighted by molar-refractivity contribution is 5.85. The molecule has 3 N–H and O–H groups in total. The summed E-state index contributed by atoms with van der Waals surface area (Å²) in [6.07, 6.45) is 6.06. The number of amides is 1. The summed E-state index contributed by atoms with van der Waals surface area (Å²) < 4.78 is 5.88. The number of carbonyl (C=O) groups excluding carboxylic acids is 1. The van der Waals surface area contributed by atoms with Crippen molar-refractivity contribution >= 4 is 11.9 Å². The van der Waals surface area contributed by atoms with E-state index in [0.717, 1.165) is 45.6 Å². The first-order valence-corrected chi connectivity index (χ1v) is 10.7. The van der Waals surface area contributed by atoms with Crippen LogP contribution in [-0.2, 0) is 9.53 Å². The van der Waals surface area contributed by atoms with Gasteiger partial charge in [-0.05, 0) is 25.7 Å². The molecule has 7 heteroatoms. The van der Waals surface area contributed by atoms with Crippen molar-refractivity contribution in [3.05, 3.63) is 0 Å². The minimum Gasteiger partial charge on any atom is -0.374 e. The summed E-state index contributed by atoms with van der Waals surface area (Å²) in [6.45, 7) is 12.0. The van der Waals surface area contributed by atoms with E-state index >= 15 is 0 Å². The van der Waals surface area contributed by atoms with Gasteiger partial charge in [0, 0.05) is 38.8 Å². The van der Waals surface area contributed by atoms with Gasteiger partial charge in [-0.25, -0.2) is 4.99 Å². The molecule has 1 saturated heterocycles. The fourth-order valence-electron chi connectivity index (χ4n) is 3.81. The third-order valence-electron chi connectivity index (χ3n) is 5.04. The zero-order valence-corrected chi connectivity index (χ0v) is 17.4. The number of nitrogens with zero attached hydrogens (tertiary/aromatic N) is 2. The van der Waals surface area contributed by atoms with E-state index in [4.69, 9.17) is 4.74 Å². The van der Waals surface area contributed by atoms with Gasteiger partial charge in [-0.1, -0.05) is 33.1 Å². The van der Waals surface area contributed by atoms with E-state index < -0.39 is 0 Å². The first kappa shape index (κ1) is 22.0. The molecule has 1 atom stereocenters. The zero-order valence-electron chi connectivity index (χ0n) is 17.4. The second kappa shape index (κ2) is 12.2. The van der Waals surface area contributed by atoms with E-state index in [1.807, 2.05) is 6.92 Å². The molecule has 2 aliphatic rings. The summed E-state index contributed by atoms with van der Waals surface area (Å²) >= 11 is 0. The van der Waals surface area contributed by atoms with Crippen LogP contribution in [0.5, 0.6) is 0 Å². The van der Waals surface area contributed by atoms with Gasteiger partial charge in [-0.3, -0.25) is 9.69 Å². The fraction of sp³-hybridized carbons (Fsp3) is 0.900. The molecule has 2 fully saturated rings. The molecular formula is C20H39N5O2. The Balaban J connectivity index is 1.74. The Hall–Kier alpha value is -1.34. The van der Waals surface area contributed by atoms with Crippen molar-refractivity contribution in [3.63, 3.8) is 0 Å². The first-order valence-electron chi connectivity index (χ1n) is 10.7. The molecule has 1 heterocycles. The van der Waals surface area contributed by atoms with Gasteiger partial charge in [0.25, 0.3) is 0 Å². The average Bonchev–Trinajstić information content (AvgIpc) is 2.64. The van der Waals surface area contributed by atoms with Crippen molar-refractivity contribution in [1.82, 2.24) is 20.9 Å². The summed E-state index contributed by atoms with van der Waals surface area (Å²) in [6, 6.07) is 0.333. The third kappa shape index (κ3) is 8.93. The number of rotatable bonds is 8. The summed E-state index contributed by atoms with van der Waals surface area (Å²) in [5, 5.41) is 9.66. The van der Waals surface area contributed by atoms with Crippen molar-refractivity contribution in [2.45, 2.75) is 65.0 Å². The maximum atomic E-state index is 12.2. The minimum atomic E-state index is 0.0103. The highest BCUT2D eigenvalue weighted by Gasteiger charge is 2.21. The first-order chi connectivity index (χ1) is 13.1. The Kier molecular flexibility index (Phi) is 9.91. The topological polar surface area (TPSA) is 78.0 Å².